The summed E-state index contributed by atoms with van der Waals surface area (Å²) in [4.78, 5) is 45.0. The molecule has 1 fully saturated rings. The summed E-state index contributed by atoms with van der Waals surface area (Å²) in [6, 6.07) is 14.3. The third kappa shape index (κ3) is 7.73. The van der Waals surface area contributed by atoms with E-state index in [-0.39, 0.29) is 23.9 Å². The van der Waals surface area contributed by atoms with E-state index in [0.29, 0.717) is 37.4 Å². The number of Topliss-reactive ketones (excluding diaryl/α,β-unsaturated/α-hetero) is 1. The molecule has 2 atom stereocenters. The number of ether oxygens (including phenoxy) is 1. The van der Waals surface area contributed by atoms with Gasteiger partial charge in [0.25, 0.3) is 5.89 Å². The van der Waals surface area contributed by atoms with Crippen molar-refractivity contribution in [2.45, 2.75) is 31.2 Å². The summed E-state index contributed by atoms with van der Waals surface area (Å²) in [5, 5.41) is 8.96. The number of hydrogen-bond donors (Lipinski definition) is 2. The van der Waals surface area contributed by atoms with Gasteiger partial charge in [-0.3, -0.25) is 9.59 Å². The first-order valence-electron chi connectivity index (χ1n) is 12.9. The van der Waals surface area contributed by atoms with Crippen molar-refractivity contribution < 1.29 is 32.1 Å². The van der Waals surface area contributed by atoms with Gasteiger partial charge in [0.05, 0.1) is 30.8 Å². The number of nitrogens with one attached hydrogen (secondary N) is 2. The van der Waals surface area contributed by atoms with Crippen LogP contribution >= 0.6 is 0 Å². The summed E-state index contributed by atoms with van der Waals surface area (Å²) >= 11 is 0. The zero-order valence-electron chi connectivity index (χ0n) is 22.0. The summed E-state index contributed by atoms with van der Waals surface area (Å²) in [6.07, 6.45) is 0.161. The molecule has 12 nitrogen and oxygen atoms in total. The van der Waals surface area contributed by atoms with E-state index in [1.807, 2.05) is 6.07 Å². The Morgan fingerprint density at radius 2 is 1.60 bits per heavy atom. The largest absolute Gasteiger partial charge is 0.378 e. The van der Waals surface area contributed by atoms with E-state index < -0.39 is 45.4 Å². The summed E-state index contributed by atoms with van der Waals surface area (Å²) in [7, 11) is -3.84. The van der Waals surface area contributed by atoms with Gasteiger partial charge in [0.1, 0.15) is 6.04 Å². The fourth-order valence-electron chi connectivity index (χ4n) is 4.13. The van der Waals surface area contributed by atoms with E-state index in [2.05, 4.69) is 20.8 Å². The number of sulfone groups is 1. The molecule has 40 heavy (non-hydrogen) atoms. The number of urea groups is 1. The molecule has 0 aliphatic carbocycles. The molecule has 0 radical (unpaired) electrons. The molecule has 2 heterocycles. The number of aromatic nitrogens is 2. The second kappa shape index (κ2) is 13.3. The maximum atomic E-state index is 13.4. The first-order valence-corrected chi connectivity index (χ1v) is 14.7. The molecule has 0 bridgehead atoms. The van der Waals surface area contributed by atoms with E-state index in [4.69, 9.17) is 9.26 Å². The second-order valence-corrected chi connectivity index (χ2v) is 11.4. The zero-order chi connectivity index (χ0) is 28.5. The zero-order valence-corrected chi connectivity index (χ0v) is 22.8. The number of carbonyl (C=O) groups is 3. The highest BCUT2D eigenvalue weighted by Gasteiger charge is 2.33. The Hall–Kier alpha value is -4.10. The van der Waals surface area contributed by atoms with Crippen molar-refractivity contribution in [3.63, 3.8) is 0 Å². The van der Waals surface area contributed by atoms with Crippen LogP contribution < -0.4 is 10.6 Å². The highest BCUT2D eigenvalue weighted by atomic mass is 32.2. The van der Waals surface area contributed by atoms with Gasteiger partial charge in [-0.15, -0.1) is 0 Å². The van der Waals surface area contributed by atoms with Crippen LogP contribution in [-0.4, -0.2) is 85.3 Å². The Morgan fingerprint density at radius 1 is 0.950 bits per heavy atom. The number of carbonyl (C=O) groups excluding carboxylic acids is 3. The van der Waals surface area contributed by atoms with Crippen molar-refractivity contribution >= 4 is 27.6 Å². The lowest BCUT2D eigenvalue weighted by Crippen LogP contribution is -2.57. The molecule has 13 heteroatoms. The fraction of sp³-hybridized carbons (Fsp3) is 0.370. The standard InChI is InChI=1S/C27H31N5O7S/c1-2-21(23(33)26-30-24(31-39-26)20-11-7-4-8-12-20)28-25(34)22(29-27(35)32-13-15-38-16-14-32)18-40(36,37)17-19-9-5-3-6-10-19/h3-12,21-22H,2,13-18H2,1H3,(H,28,34)(H,29,35)/t21-,22-/m0/s1. The first kappa shape index (κ1) is 28.9. The highest BCUT2D eigenvalue weighted by Crippen LogP contribution is 2.16. The number of amides is 3. The molecule has 2 N–H and O–H groups in total. The fourth-order valence-corrected chi connectivity index (χ4v) is 5.69. The van der Waals surface area contributed by atoms with Crippen molar-refractivity contribution in [2.24, 2.45) is 0 Å². The van der Waals surface area contributed by atoms with Crippen LogP contribution in [0.5, 0.6) is 0 Å². The Morgan fingerprint density at radius 3 is 2.25 bits per heavy atom. The number of nitrogens with zero attached hydrogens (tertiary/aromatic N) is 3. The van der Waals surface area contributed by atoms with Gasteiger partial charge in [-0.2, -0.15) is 4.98 Å². The maximum Gasteiger partial charge on any atom is 0.318 e. The van der Waals surface area contributed by atoms with E-state index in [1.165, 1.54) is 4.90 Å². The molecule has 1 aromatic heterocycles. The smallest absolute Gasteiger partial charge is 0.318 e. The molecular weight excluding hydrogens is 538 g/mol. The SMILES string of the molecule is CC[C@H](NC(=O)[C@H](CS(=O)(=O)Cc1ccccc1)NC(=O)N1CCOCC1)C(=O)c1nc(-c2ccccc2)no1. The molecule has 1 aliphatic rings. The lowest BCUT2D eigenvalue weighted by atomic mass is 10.1. The van der Waals surface area contributed by atoms with Gasteiger partial charge in [-0.1, -0.05) is 72.7 Å². The molecule has 1 aliphatic heterocycles. The van der Waals surface area contributed by atoms with Crippen LogP contribution in [0.3, 0.4) is 0 Å². The van der Waals surface area contributed by atoms with Crippen LogP contribution in [0.25, 0.3) is 11.4 Å². The number of morpholine rings is 1. The number of hydrogen-bond acceptors (Lipinski definition) is 9. The van der Waals surface area contributed by atoms with Gasteiger partial charge >= 0.3 is 6.03 Å². The van der Waals surface area contributed by atoms with E-state index in [1.54, 1.807) is 61.5 Å². The quantitative estimate of drug-likeness (QED) is 0.328. The Kier molecular flexibility index (Phi) is 9.61. The third-order valence-electron chi connectivity index (χ3n) is 6.27. The lowest BCUT2D eigenvalue weighted by molar-refractivity contribution is -0.123. The Balaban J connectivity index is 1.49. The number of rotatable bonds is 11. The molecule has 0 saturated carbocycles. The predicted octanol–water partition coefficient (Wildman–Crippen LogP) is 1.84. The molecule has 3 aromatic rings. The normalized spacial score (nSPS) is 15.2. The van der Waals surface area contributed by atoms with Crippen LogP contribution in [0.4, 0.5) is 4.79 Å². The van der Waals surface area contributed by atoms with Gasteiger partial charge in [0.15, 0.2) is 9.84 Å². The van der Waals surface area contributed by atoms with Crippen molar-refractivity contribution in [1.82, 2.24) is 25.7 Å². The van der Waals surface area contributed by atoms with E-state index >= 15 is 0 Å². The van der Waals surface area contributed by atoms with Crippen molar-refractivity contribution in [3.05, 3.63) is 72.1 Å². The van der Waals surface area contributed by atoms with Crippen LogP contribution in [0.2, 0.25) is 0 Å². The Labute approximate surface area is 232 Å². The van der Waals surface area contributed by atoms with Crippen molar-refractivity contribution in [1.29, 1.82) is 0 Å². The molecule has 212 valence electrons. The average Bonchev–Trinajstić information content (AvgIpc) is 3.47. The minimum Gasteiger partial charge on any atom is -0.378 e. The van der Waals surface area contributed by atoms with Crippen LogP contribution in [0.1, 0.15) is 29.6 Å². The van der Waals surface area contributed by atoms with E-state index in [9.17, 15) is 22.8 Å². The molecule has 3 amide bonds. The first-order chi connectivity index (χ1) is 19.3. The topological polar surface area (TPSA) is 161 Å². The molecule has 0 spiro atoms. The van der Waals surface area contributed by atoms with Crippen molar-refractivity contribution in [2.75, 3.05) is 32.1 Å². The van der Waals surface area contributed by atoms with Crippen LogP contribution in [0, 0.1) is 0 Å². The lowest BCUT2D eigenvalue weighted by Gasteiger charge is -2.29. The molecule has 1 saturated heterocycles. The minimum atomic E-state index is -3.84. The van der Waals surface area contributed by atoms with Crippen LogP contribution in [0.15, 0.2) is 65.2 Å². The van der Waals surface area contributed by atoms with Gasteiger partial charge in [0.2, 0.25) is 17.5 Å². The van der Waals surface area contributed by atoms with Gasteiger partial charge in [-0.05, 0) is 12.0 Å². The summed E-state index contributed by atoms with van der Waals surface area (Å²) < 4.78 is 36.5. The molecule has 0 unspecified atom stereocenters. The summed E-state index contributed by atoms with van der Waals surface area (Å²) in [5.74, 6) is -2.50. The predicted molar refractivity (Wildman–Crippen MR) is 145 cm³/mol. The third-order valence-corrected chi connectivity index (χ3v) is 7.89. The molecular formula is C27H31N5O7S. The highest BCUT2D eigenvalue weighted by molar-refractivity contribution is 7.90. The number of ketones is 1. The van der Waals surface area contributed by atoms with Crippen molar-refractivity contribution in [3.8, 4) is 11.4 Å². The number of benzene rings is 2. The second-order valence-electron chi connectivity index (χ2n) is 9.26. The average molecular weight is 570 g/mol. The van der Waals surface area contributed by atoms with Gasteiger partial charge in [0, 0.05) is 18.7 Å². The maximum absolute atomic E-state index is 13.4. The van der Waals surface area contributed by atoms with Gasteiger partial charge in [-0.25, -0.2) is 13.2 Å². The van der Waals surface area contributed by atoms with Gasteiger partial charge < -0.3 is 24.8 Å². The molecule has 4 rings (SSSR count). The molecule has 2 aromatic carbocycles. The minimum absolute atomic E-state index is 0.161. The monoisotopic (exact) mass is 569 g/mol. The Bertz CT molecular complexity index is 1410. The summed E-state index contributed by atoms with van der Waals surface area (Å²) in [6.45, 7) is 2.93. The van der Waals surface area contributed by atoms with Crippen LogP contribution in [-0.2, 0) is 25.1 Å². The van der Waals surface area contributed by atoms with E-state index in [0.717, 1.165) is 0 Å². The summed E-state index contributed by atoms with van der Waals surface area (Å²) in [5.41, 5.74) is 1.20.